The summed E-state index contributed by atoms with van der Waals surface area (Å²) in [5.41, 5.74) is 2.38. The molecule has 0 bridgehead atoms. The van der Waals surface area contributed by atoms with Crippen LogP contribution in [-0.4, -0.2) is 48.6 Å². The van der Waals surface area contributed by atoms with E-state index in [4.69, 9.17) is 4.98 Å². The number of hydrogen-bond donors (Lipinski definition) is 4. The van der Waals surface area contributed by atoms with Crippen LogP contribution in [-0.2, 0) is 6.54 Å². The number of urea groups is 1. The number of carbonyl (C=O) groups is 2. The van der Waals surface area contributed by atoms with E-state index in [0.29, 0.717) is 47.9 Å². The zero-order chi connectivity index (χ0) is 26.8. The van der Waals surface area contributed by atoms with Crippen molar-refractivity contribution in [1.82, 2.24) is 25.9 Å². The maximum Gasteiger partial charge on any atom is 0.328 e. The molecule has 2 aliphatic rings. The standard InChI is InChI=1S/C27H29F2N7O2/c1-15-6-9-17(25(37)32-13-16-7-8-16)12-18(15)22-19-14-33-27(38)36(23-20(28)4-3-5-21(23)29)24(19)35-26(34-22)31-11-10-30-2/h3-6,9,12,16,30H,7-8,10-11,13-14H2,1-2H3,(H,32,37)(H,33,38)(H,31,34,35). The van der Waals surface area contributed by atoms with Crippen LogP contribution in [0.5, 0.6) is 0 Å². The van der Waals surface area contributed by atoms with Crippen molar-refractivity contribution in [2.75, 3.05) is 36.9 Å². The van der Waals surface area contributed by atoms with E-state index in [2.05, 4.69) is 26.3 Å². The van der Waals surface area contributed by atoms with Crippen molar-refractivity contribution in [2.45, 2.75) is 26.3 Å². The van der Waals surface area contributed by atoms with Crippen LogP contribution in [0.3, 0.4) is 0 Å². The van der Waals surface area contributed by atoms with E-state index in [9.17, 15) is 18.4 Å². The van der Waals surface area contributed by atoms with Crippen molar-refractivity contribution in [3.8, 4) is 11.3 Å². The van der Waals surface area contributed by atoms with Gasteiger partial charge in [-0.1, -0.05) is 12.1 Å². The minimum Gasteiger partial charge on any atom is -0.353 e. The van der Waals surface area contributed by atoms with E-state index >= 15 is 0 Å². The van der Waals surface area contributed by atoms with Gasteiger partial charge in [-0.15, -0.1) is 0 Å². The normalized spacial score (nSPS) is 14.6. The van der Waals surface area contributed by atoms with Crippen molar-refractivity contribution >= 4 is 29.4 Å². The molecule has 0 spiro atoms. The molecule has 0 radical (unpaired) electrons. The first-order valence-corrected chi connectivity index (χ1v) is 12.6. The highest BCUT2D eigenvalue weighted by molar-refractivity contribution is 6.02. The Kier molecular flexibility index (Phi) is 7.19. The Balaban J connectivity index is 1.64. The maximum absolute atomic E-state index is 14.8. The number of hydrogen-bond acceptors (Lipinski definition) is 6. The van der Waals surface area contributed by atoms with E-state index < -0.39 is 23.4 Å². The van der Waals surface area contributed by atoms with Gasteiger partial charge in [-0.25, -0.2) is 23.5 Å². The van der Waals surface area contributed by atoms with Gasteiger partial charge >= 0.3 is 6.03 Å². The molecular weight excluding hydrogens is 492 g/mol. The molecule has 3 aromatic rings. The number of likely N-dealkylation sites (N-methyl/N-ethyl adjacent to an activating group) is 1. The molecule has 1 aliphatic carbocycles. The summed E-state index contributed by atoms with van der Waals surface area (Å²) < 4.78 is 29.7. The number of nitrogens with one attached hydrogen (secondary N) is 4. The number of aryl methyl sites for hydroxylation is 1. The highest BCUT2D eigenvalue weighted by atomic mass is 19.1. The number of carbonyl (C=O) groups excluding carboxylic acids is 2. The number of fused-ring (bicyclic) bond motifs is 1. The zero-order valence-electron chi connectivity index (χ0n) is 21.2. The number of rotatable bonds is 9. The third-order valence-corrected chi connectivity index (χ3v) is 6.64. The van der Waals surface area contributed by atoms with Gasteiger partial charge in [0, 0.05) is 36.3 Å². The monoisotopic (exact) mass is 521 g/mol. The van der Waals surface area contributed by atoms with Crippen molar-refractivity contribution in [2.24, 2.45) is 5.92 Å². The number of nitrogens with zero attached hydrogens (tertiary/aromatic N) is 3. The van der Waals surface area contributed by atoms with Gasteiger partial charge in [0.1, 0.15) is 17.3 Å². The predicted molar refractivity (Wildman–Crippen MR) is 140 cm³/mol. The Morgan fingerprint density at radius 3 is 2.61 bits per heavy atom. The second-order valence-electron chi connectivity index (χ2n) is 9.48. The average molecular weight is 522 g/mol. The van der Waals surface area contributed by atoms with Crippen LogP contribution in [0, 0.1) is 24.5 Å². The Morgan fingerprint density at radius 2 is 1.89 bits per heavy atom. The summed E-state index contributed by atoms with van der Waals surface area (Å²) in [7, 11) is 1.80. The van der Waals surface area contributed by atoms with Gasteiger partial charge in [-0.3, -0.25) is 4.79 Å². The predicted octanol–water partition coefficient (Wildman–Crippen LogP) is 3.86. The van der Waals surface area contributed by atoms with Crippen LogP contribution in [0.4, 0.5) is 31.0 Å². The molecule has 0 unspecified atom stereocenters. The highest BCUT2D eigenvalue weighted by Gasteiger charge is 2.34. The second-order valence-corrected chi connectivity index (χ2v) is 9.48. The summed E-state index contributed by atoms with van der Waals surface area (Å²) >= 11 is 0. The van der Waals surface area contributed by atoms with E-state index in [-0.39, 0.29) is 24.2 Å². The van der Waals surface area contributed by atoms with E-state index in [0.717, 1.165) is 35.4 Å². The van der Waals surface area contributed by atoms with Crippen molar-refractivity contribution in [3.05, 3.63) is 64.7 Å². The minimum atomic E-state index is -0.900. The highest BCUT2D eigenvalue weighted by Crippen LogP contribution is 2.39. The third kappa shape index (κ3) is 5.14. The molecule has 198 valence electrons. The van der Waals surface area contributed by atoms with Gasteiger partial charge in [0.2, 0.25) is 5.95 Å². The molecule has 1 saturated carbocycles. The zero-order valence-corrected chi connectivity index (χ0v) is 21.2. The smallest absolute Gasteiger partial charge is 0.328 e. The van der Waals surface area contributed by atoms with Crippen LogP contribution in [0.25, 0.3) is 11.3 Å². The first-order chi connectivity index (χ1) is 18.4. The molecular formula is C27H29F2N7O2. The summed E-state index contributed by atoms with van der Waals surface area (Å²) in [6.07, 6.45) is 2.25. The molecule has 0 atom stereocenters. The number of anilines is 3. The minimum absolute atomic E-state index is 0.0460. The molecule has 11 heteroatoms. The largest absolute Gasteiger partial charge is 0.353 e. The number of benzene rings is 2. The average Bonchev–Trinajstić information content (AvgIpc) is 3.73. The molecule has 38 heavy (non-hydrogen) atoms. The lowest BCUT2D eigenvalue weighted by atomic mass is 9.97. The lowest BCUT2D eigenvalue weighted by molar-refractivity contribution is 0.0952. The van der Waals surface area contributed by atoms with Crippen LogP contribution in [0.15, 0.2) is 36.4 Å². The molecule has 0 saturated heterocycles. The van der Waals surface area contributed by atoms with Crippen molar-refractivity contribution in [3.63, 3.8) is 0 Å². The number of aromatic nitrogens is 2. The van der Waals surface area contributed by atoms with Gasteiger partial charge < -0.3 is 21.3 Å². The molecule has 1 fully saturated rings. The number of para-hydroxylation sites is 1. The van der Waals surface area contributed by atoms with E-state index in [1.54, 1.807) is 19.2 Å². The van der Waals surface area contributed by atoms with Crippen molar-refractivity contribution in [1.29, 1.82) is 0 Å². The fraction of sp³-hybridized carbons (Fsp3) is 0.333. The summed E-state index contributed by atoms with van der Waals surface area (Å²) in [5, 5.41) is 11.8. The SMILES string of the molecule is CNCCNc1nc(-c2cc(C(=O)NCC3CC3)ccc2C)c2c(n1)N(c1c(F)cccc1F)C(=O)NC2. The first-order valence-electron chi connectivity index (χ1n) is 12.6. The topological polar surface area (TPSA) is 111 Å². The number of halogens is 2. The third-order valence-electron chi connectivity index (χ3n) is 6.64. The fourth-order valence-electron chi connectivity index (χ4n) is 4.35. The maximum atomic E-state index is 14.8. The van der Waals surface area contributed by atoms with Gasteiger partial charge in [0.25, 0.3) is 5.91 Å². The Bertz CT molecular complexity index is 1370. The van der Waals surface area contributed by atoms with Crippen LogP contribution >= 0.6 is 0 Å². The second kappa shape index (κ2) is 10.7. The fourth-order valence-corrected chi connectivity index (χ4v) is 4.35. The molecule has 1 aliphatic heterocycles. The Labute approximate surface area is 219 Å². The van der Waals surface area contributed by atoms with Crippen LogP contribution in [0.1, 0.15) is 34.3 Å². The molecule has 2 aromatic carbocycles. The molecule has 2 heterocycles. The van der Waals surface area contributed by atoms with Gasteiger partial charge in [0.15, 0.2) is 5.82 Å². The van der Waals surface area contributed by atoms with E-state index in [1.807, 2.05) is 13.0 Å². The summed E-state index contributed by atoms with van der Waals surface area (Å²) in [6.45, 7) is 3.65. The van der Waals surface area contributed by atoms with Crippen LogP contribution in [0.2, 0.25) is 0 Å². The quantitative estimate of drug-likeness (QED) is 0.318. The van der Waals surface area contributed by atoms with E-state index in [1.165, 1.54) is 6.07 Å². The lowest BCUT2D eigenvalue weighted by Gasteiger charge is -2.31. The molecule has 9 nitrogen and oxygen atoms in total. The Morgan fingerprint density at radius 1 is 1.13 bits per heavy atom. The molecule has 1 aromatic heterocycles. The summed E-state index contributed by atoms with van der Waals surface area (Å²) in [5.74, 6) is -1.19. The number of amides is 3. The van der Waals surface area contributed by atoms with Crippen molar-refractivity contribution < 1.29 is 18.4 Å². The molecule has 3 amide bonds. The van der Waals surface area contributed by atoms with Gasteiger partial charge in [0.05, 0.1) is 12.2 Å². The molecule has 5 rings (SSSR count). The Hall–Kier alpha value is -4.12. The lowest BCUT2D eigenvalue weighted by Crippen LogP contribution is -2.43. The summed E-state index contributed by atoms with van der Waals surface area (Å²) in [4.78, 5) is 35.9. The van der Waals surface area contributed by atoms with Crippen LogP contribution < -0.4 is 26.2 Å². The van der Waals surface area contributed by atoms with Gasteiger partial charge in [-0.2, -0.15) is 4.98 Å². The molecule has 4 N–H and O–H groups in total. The summed E-state index contributed by atoms with van der Waals surface area (Å²) in [6, 6.07) is 8.03. The first kappa shape index (κ1) is 25.5. The van der Waals surface area contributed by atoms with Gasteiger partial charge in [-0.05, 0) is 62.6 Å².